The Kier molecular flexibility index (Phi) is 3.95. The van der Waals surface area contributed by atoms with Crippen LogP contribution in [0, 0.1) is 12.7 Å². The van der Waals surface area contributed by atoms with Crippen LogP contribution in [0.15, 0.2) is 24.4 Å². The number of aryl methyl sites for hydroxylation is 1. The lowest BCUT2D eigenvalue weighted by molar-refractivity contribution is -0.137. The average molecular weight is 300 g/mol. The maximum Gasteiger partial charge on any atom is 0.417 e. The van der Waals surface area contributed by atoms with Gasteiger partial charge in [-0.15, -0.1) is 0 Å². The first-order valence-corrected chi connectivity index (χ1v) is 6.09. The highest BCUT2D eigenvalue weighted by Crippen LogP contribution is 2.36. The molecule has 0 aliphatic carbocycles. The summed E-state index contributed by atoms with van der Waals surface area (Å²) in [7, 11) is 0. The fourth-order valence-corrected chi connectivity index (χ4v) is 1.96. The van der Waals surface area contributed by atoms with Crippen LogP contribution in [0.1, 0.15) is 29.8 Å². The number of aliphatic hydroxyl groups is 1. The molecule has 1 aromatic carbocycles. The smallest absolute Gasteiger partial charge is 0.389 e. The van der Waals surface area contributed by atoms with E-state index in [4.69, 9.17) is 0 Å². The van der Waals surface area contributed by atoms with E-state index in [0.29, 0.717) is 17.3 Å². The molecule has 0 fully saturated rings. The van der Waals surface area contributed by atoms with Gasteiger partial charge in [-0.3, -0.25) is 0 Å². The van der Waals surface area contributed by atoms with Gasteiger partial charge < -0.3 is 5.11 Å². The van der Waals surface area contributed by atoms with E-state index < -0.39 is 23.7 Å². The van der Waals surface area contributed by atoms with Crippen LogP contribution in [0.25, 0.3) is 11.4 Å². The van der Waals surface area contributed by atoms with E-state index >= 15 is 0 Å². The Bertz CT molecular complexity index is 669. The number of rotatable bonds is 2. The first-order chi connectivity index (χ1) is 9.70. The summed E-state index contributed by atoms with van der Waals surface area (Å²) in [6.07, 6.45) is -4.27. The van der Waals surface area contributed by atoms with Gasteiger partial charge in [0.1, 0.15) is 5.82 Å². The van der Waals surface area contributed by atoms with Crippen LogP contribution in [-0.4, -0.2) is 15.1 Å². The second-order valence-corrected chi connectivity index (χ2v) is 4.60. The van der Waals surface area contributed by atoms with Gasteiger partial charge in [0.25, 0.3) is 0 Å². The van der Waals surface area contributed by atoms with Crippen LogP contribution < -0.4 is 0 Å². The zero-order valence-electron chi connectivity index (χ0n) is 11.2. The van der Waals surface area contributed by atoms with Crippen LogP contribution in [-0.2, 0) is 6.18 Å². The maximum atomic E-state index is 13.1. The van der Waals surface area contributed by atoms with Gasteiger partial charge >= 0.3 is 6.18 Å². The van der Waals surface area contributed by atoms with Gasteiger partial charge in [0, 0.05) is 23.0 Å². The monoisotopic (exact) mass is 300 g/mol. The maximum absolute atomic E-state index is 13.1. The highest BCUT2D eigenvalue weighted by molar-refractivity contribution is 5.61. The van der Waals surface area contributed by atoms with Crippen molar-refractivity contribution in [3.05, 3.63) is 47.0 Å². The molecule has 1 heterocycles. The fraction of sp³-hybridized carbons (Fsp3) is 0.286. The molecule has 112 valence electrons. The average Bonchev–Trinajstić information content (AvgIpc) is 2.37. The normalized spacial score (nSPS) is 13.3. The second-order valence-electron chi connectivity index (χ2n) is 4.60. The Balaban J connectivity index is 2.60. The summed E-state index contributed by atoms with van der Waals surface area (Å²) in [5, 5.41) is 9.48. The third kappa shape index (κ3) is 3.18. The highest BCUT2D eigenvalue weighted by atomic mass is 19.4. The molecule has 0 bridgehead atoms. The van der Waals surface area contributed by atoms with Crippen molar-refractivity contribution in [2.24, 2.45) is 0 Å². The van der Waals surface area contributed by atoms with Crippen molar-refractivity contribution in [1.82, 2.24) is 9.97 Å². The summed E-state index contributed by atoms with van der Waals surface area (Å²) < 4.78 is 51.9. The van der Waals surface area contributed by atoms with Crippen molar-refractivity contribution < 1.29 is 22.7 Å². The topological polar surface area (TPSA) is 46.0 Å². The van der Waals surface area contributed by atoms with Crippen molar-refractivity contribution in [3.63, 3.8) is 0 Å². The Morgan fingerprint density at radius 3 is 2.43 bits per heavy atom. The van der Waals surface area contributed by atoms with E-state index in [1.54, 1.807) is 6.92 Å². The molecule has 0 radical (unpaired) electrons. The number of hydrogen-bond donors (Lipinski definition) is 1. The molecule has 1 unspecified atom stereocenters. The van der Waals surface area contributed by atoms with Gasteiger partial charge in [-0.2, -0.15) is 13.2 Å². The molecule has 1 aromatic heterocycles. The van der Waals surface area contributed by atoms with Crippen molar-refractivity contribution in [2.75, 3.05) is 0 Å². The number of halogens is 4. The van der Waals surface area contributed by atoms with E-state index in [-0.39, 0.29) is 11.4 Å². The highest BCUT2D eigenvalue weighted by Gasteiger charge is 2.35. The van der Waals surface area contributed by atoms with Crippen molar-refractivity contribution >= 4 is 0 Å². The predicted molar refractivity (Wildman–Crippen MR) is 67.8 cm³/mol. The molecular formula is C14H12F4N2O. The number of nitrogens with zero attached hydrogens (tertiary/aromatic N) is 2. The van der Waals surface area contributed by atoms with Crippen LogP contribution in [0.4, 0.5) is 17.6 Å². The van der Waals surface area contributed by atoms with Gasteiger partial charge in [0.15, 0.2) is 5.82 Å². The third-order valence-corrected chi connectivity index (χ3v) is 3.00. The minimum atomic E-state index is -4.71. The van der Waals surface area contributed by atoms with Crippen LogP contribution in [0.5, 0.6) is 0 Å². The molecule has 0 saturated carbocycles. The lowest BCUT2D eigenvalue weighted by Crippen LogP contribution is -2.10. The molecular weight excluding hydrogens is 288 g/mol. The first-order valence-electron chi connectivity index (χ1n) is 6.09. The Morgan fingerprint density at radius 1 is 1.24 bits per heavy atom. The molecule has 0 amide bonds. The molecule has 2 rings (SSSR count). The number of benzene rings is 1. The summed E-state index contributed by atoms with van der Waals surface area (Å²) >= 11 is 0. The summed E-state index contributed by atoms with van der Waals surface area (Å²) in [6.45, 7) is 3.06. The summed E-state index contributed by atoms with van der Waals surface area (Å²) in [5.74, 6) is -1.15. The van der Waals surface area contributed by atoms with Crippen LogP contribution in [0.2, 0.25) is 0 Å². The van der Waals surface area contributed by atoms with Gasteiger partial charge in [-0.05, 0) is 32.0 Å². The number of alkyl halides is 3. The molecule has 0 aliphatic rings. The van der Waals surface area contributed by atoms with Crippen molar-refractivity contribution in [1.29, 1.82) is 0 Å². The predicted octanol–water partition coefficient (Wildman–Crippen LogP) is 3.66. The molecule has 1 atom stereocenters. The second kappa shape index (κ2) is 5.40. The van der Waals surface area contributed by atoms with Gasteiger partial charge in [0.05, 0.1) is 11.7 Å². The molecule has 1 N–H and O–H groups in total. The summed E-state index contributed by atoms with van der Waals surface area (Å²) in [5.41, 5.74) is -0.641. The van der Waals surface area contributed by atoms with E-state index in [2.05, 4.69) is 9.97 Å². The van der Waals surface area contributed by atoms with E-state index in [9.17, 15) is 22.7 Å². The zero-order chi connectivity index (χ0) is 15.8. The third-order valence-electron chi connectivity index (χ3n) is 3.00. The SMILES string of the molecule is Cc1nc(-c2ccc(F)cc2C(F)(F)F)ncc1C(C)O. The molecule has 0 spiro atoms. The Hall–Kier alpha value is -2.02. The van der Waals surface area contributed by atoms with E-state index in [0.717, 1.165) is 12.1 Å². The van der Waals surface area contributed by atoms with Gasteiger partial charge in [-0.1, -0.05) is 0 Å². The number of aliphatic hydroxyl groups excluding tert-OH is 1. The Morgan fingerprint density at radius 2 is 1.90 bits per heavy atom. The fourth-order valence-electron chi connectivity index (χ4n) is 1.96. The molecule has 0 saturated heterocycles. The molecule has 21 heavy (non-hydrogen) atoms. The van der Waals surface area contributed by atoms with Crippen molar-refractivity contribution in [2.45, 2.75) is 26.1 Å². The van der Waals surface area contributed by atoms with E-state index in [1.165, 1.54) is 13.1 Å². The molecule has 3 nitrogen and oxygen atoms in total. The largest absolute Gasteiger partial charge is 0.417 e. The van der Waals surface area contributed by atoms with Crippen molar-refractivity contribution in [3.8, 4) is 11.4 Å². The first kappa shape index (κ1) is 15.4. The zero-order valence-corrected chi connectivity index (χ0v) is 11.2. The molecule has 0 aliphatic heterocycles. The number of hydrogen-bond acceptors (Lipinski definition) is 3. The van der Waals surface area contributed by atoms with Gasteiger partial charge in [-0.25, -0.2) is 14.4 Å². The van der Waals surface area contributed by atoms with E-state index in [1.807, 2.05) is 0 Å². The van der Waals surface area contributed by atoms with Gasteiger partial charge in [0.2, 0.25) is 0 Å². The minimum Gasteiger partial charge on any atom is -0.389 e. The summed E-state index contributed by atoms with van der Waals surface area (Å²) in [6, 6.07) is 2.33. The quantitative estimate of drug-likeness (QED) is 0.861. The molecule has 7 heteroatoms. The lowest BCUT2D eigenvalue weighted by atomic mass is 10.1. The minimum absolute atomic E-state index is 0.163. The standard InChI is InChI=1S/C14H12F4N2O/c1-7-11(8(2)21)6-19-13(20-7)10-4-3-9(15)5-12(10)14(16,17)18/h3-6,8,21H,1-2H3. The number of aromatic nitrogens is 2. The molecule has 2 aromatic rings. The summed E-state index contributed by atoms with van der Waals surface area (Å²) in [4.78, 5) is 7.82. The lowest BCUT2D eigenvalue weighted by Gasteiger charge is -2.14. The van der Waals surface area contributed by atoms with Crippen LogP contribution >= 0.6 is 0 Å². The van der Waals surface area contributed by atoms with Crippen LogP contribution in [0.3, 0.4) is 0 Å². The Labute approximate surface area is 118 Å².